The highest BCUT2D eigenvalue weighted by Crippen LogP contribution is 2.33. The van der Waals surface area contributed by atoms with Crippen molar-refractivity contribution in [1.29, 1.82) is 0 Å². The Morgan fingerprint density at radius 1 is 1.04 bits per heavy atom. The first-order chi connectivity index (χ1) is 13.1. The fourth-order valence-corrected chi connectivity index (χ4v) is 6.85. The van der Waals surface area contributed by atoms with Gasteiger partial charge in [0.25, 0.3) is 0 Å². The predicted octanol–water partition coefficient (Wildman–Crippen LogP) is 2.18. The van der Waals surface area contributed by atoms with Crippen LogP contribution in [0.5, 0.6) is 5.75 Å². The number of ether oxygens (including phenoxy) is 1. The maximum atomic E-state index is 12.7. The molecule has 0 bridgehead atoms. The van der Waals surface area contributed by atoms with Crippen LogP contribution in [0, 0.1) is 19.8 Å². The summed E-state index contributed by atoms with van der Waals surface area (Å²) in [5.41, 5.74) is 1.58. The van der Waals surface area contributed by atoms with Gasteiger partial charge in [-0.1, -0.05) is 0 Å². The van der Waals surface area contributed by atoms with Crippen molar-refractivity contribution >= 4 is 20.0 Å². The number of rotatable bonds is 8. The molecule has 0 aromatic heterocycles. The fourth-order valence-electron chi connectivity index (χ4n) is 3.69. The summed E-state index contributed by atoms with van der Waals surface area (Å²) in [5.74, 6) is 0.871. The Kier molecular flexibility index (Phi) is 6.38. The summed E-state index contributed by atoms with van der Waals surface area (Å²) < 4.78 is 59.9. The molecule has 1 aromatic carbocycles. The Morgan fingerprint density at radius 3 is 2.11 bits per heavy atom. The minimum Gasteiger partial charge on any atom is -0.493 e. The second kappa shape index (κ2) is 8.30. The number of aryl methyl sites for hydroxylation is 2. The minimum absolute atomic E-state index is 0.144. The molecule has 2 aliphatic rings. The highest BCUT2D eigenvalue weighted by atomic mass is 32.2. The maximum absolute atomic E-state index is 12.7. The van der Waals surface area contributed by atoms with Gasteiger partial charge in [0.15, 0.2) is 0 Å². The Morgan fingerprint density at radius 2 is 1.61 bits per heavy atom. The molecule has 1 saturated carbocycles. The summed E-state index contributed by atoms with van der Waals surface area (Å²) in [4.78, 5) is 0.236. The van der Waals surface area contributed by atoms with Gasteiger partial charge in [0.05, 0.1) is 16.8 Å². The van der Waals surface area contributed by atoms with Crippen LogP contribution in [-0.2, 0) is 20.0 Å². The number of nitrogens with zero attached hydrogens (tertiary/aromatic N) is 1. The zero-order valence-corrected chi connectivity index (χ0v) is 18.4. The van der Waals surface area contributed by atoms with Crippen molar-refractivity contribution in [2.24, 2.45) is 5.92 Å². The van der Waals surface area contributed by atoms with Gasteiger partial charge in [-0.25, -0.2) is 25.9 Å². The molecule has 158 valence electrons. The van der Waals surface area contributed by atoms with Gasteiger partial charge < -0.3 is 4.74 Å². The van der Waals surface area contributed by atoms with Gasteiger partial charge in [-0.15, -0.1) is 0 Å². The third-order valence-corrected chi connectivity index (χ3v) is 9.28. The van der Waals surface area contributed by atoms with Crippen molar-refractivity contribution < 1.29 is 21.6 Å². The molecule has 0 radical (unpaired) electrons. The van der Waals surface area contributed by atoms with Gasteiger partial charge >= 0.3 is 0 Å². The molecule has 1 aliphatic heterocycles. The normalized spacial score (nSPS) is 19.7. The Bertz CT molecular complexity index is 893. The number of hydrogen-bond acceptors (Lipinski definition) is 5. The van der Waals surface area contributed by atoms with Crippen molar-refractivity contribution in [2.75, 3.05) is 26.2 Å². The molecule has 1 saturated heterocycles. The van der Waals surface area contributed by atoms with E-state index in [0.29, 0.717) is 39.1 Å². The van der Waals surface area contributed by atoms with Crippen LogP contribution in [0.3, 0.4) is 0 Å². The van der Waals surface area contributed by atoms with Crippen molar-refractivity contribution in [3.05, 3.63) is 23.3 Å². The van der Waals surface area contributed by atoms with Gasteiger partial charge in [-0.05, 0) is 75.6 Å². The van der Waals surface area contributed by atoms with Crippen LogP contribution in [0.25, 0.3) is 0 Å². The molecule has 1 aliphatic carbocycles. The topological polar surface area (TPSA) is 92.8 Å². The second-order valence-corrected chi connectivity index (χ2v) is 11.7. The Hall–Kier alpha value is -1.16. The molecule has 0 atom stereocenters. The number of hydrogen-bond donors (Lipinski definition) is 1. The van der Waals surface area contributed by atoms with Crippen molar-refractivity contribution in [3.63, 3.8) is 0 Å². The number of benzene rings is 1. The lowest BCUT2D eigenvalue weighted by Crippen LogP contribution is -2.42. The Balaban J connectivity index is 1.59. The quantitative estimate of drug-likeness (QED) is 0.682. The monoisotopic (exact) mass is 430 g/mol. The number of sulfonamides is 2. The van der Waals surface area contributed by atoms with E-state index in [1.165, 1.54) is 0 Å². The van der Waals surface area contributed by atoms with Crippen LogP contribution in [0.2, 0.25) is 0 Å². The fraction of sp³-hybridized carbons (Fsp3) is 0.684. The van der Waals surface area contributed by atoms with Crippen molar-refractivity contribution in [2.45, 2.75) is 56.6 Å². The highest BCUT2D eigenvalue weighted by Gasteiger charge is 2.41. The molecule has 28 heavy (non-hydrogen) atoms. The standard InChI is InChI=1S/C19H30N2O5S2/c1-4-26-19-14(2)11-18(12-15(19)3)27(22,23)20-13-16-7-9-21(10-8-16)28(24,25)17-5-6-17/h11-12,16-17,20H,4-10,13H2,1-3H3. The molecular formula is C19H30N2O5S2. The van der Waals surface area contributed by atoms with Gasteiger partial charge in [-0.3, -0.25) is 0 Å². The van der Waals surface area contributed by atoms with Crippen LogP contribution in [0.4, 0.5) is 0 Å². The first kappa shape index (κ1) is 21.5. The number of nitrogens with one attached hydrogen (secondary N) is 1. The largest absolute Gasteiger partial charge is 0.493 e. The smallest absolute Gasteiger partial charge is 0.240 e. The average molecular weight is 431 g/mol. The summed E-state index contributed by atoms with van der Waals surface area (Å²) in [6, 6.07) is 3.26. The first-order valence-electron chi connectivity index (χ1n) is 9.88. The van der Waals surface area contributed by atoms with Crippen molar-refractivity contribution in [3.8, 4) is 5.75 Å². The average Bonchev–Trinajstić information content (AvgIpc) is 3.49. The van der Waals surface area contributed by atoms with E-state index in [-0.39, 0.29) is 16.1 Å². The third-order valence-electron chi connectivity index (χ3n) is 5.47. The van der Waals surface area contributed by atoms with E-state index in [1.807, 2.05) is 20.8 Å². The van der Waals surface area contributed by atoms with E-state index < -0.39 is 20.0 Å². The van der Waals surface area contributed by atoms with Crippen LogP contribution in [0.1, 0.15) is 43.7 Å². The van der Waals surface area contributed by atoms with Crippen LogP contribution in [0.15, 0.2) is 17.0 Å². The summed E-state index contributed by atoms with van der Waals surface area (Å²) >= 11 is 0. The SMILES string of the molecule is CCOc1c(C)cc(S(=O)(=O)NCC2CCN(S(=O)(=O)C3CC3)CC2)cc1C. The molecule has 0 amide bonds. The molecule has 3 rings (SSSR count). The van der Waals surface area contributed by atoms with E-state index >= 15 is 0 Å². The molecule has 0 spiro atoms. The molecule has 7 nitrogen and oxygen atoms in total. The zero-order chi connectivity index (χ0) is 20.5. The summed E-state index contributed by atoms with van der Waals surface area (Å²) in [6.45, 7) is 7.39. The highest BCUT2D eigenvalue weighted by molar-refractivity contribution is 7.90. The molecule has 2 fully saturated rings. The van der Waals surface area contributed by atoms with Crippen molar-refractivity contribution in [1.82, 2.24) is 9.03 Å². The second-order valence-electron chi connectivity index (χ2n) is 7.76. The number of piperidine rings is 1. The van der Waals surface area contributed by atoms with E-state index in [1.54, 1.807) is 16.4 Å². The summed E-state index contributed by atoms with van der Waals surface area (Å²) in [7, 11) is -6.75. The van der Waals surface area contributed by atoms with Crippen LogP contribution >= 0.6 is 0 Å². The lowest BCUT2D eigenvalue weighted by molar-refractivity contribution is 0.274. The molecular weight excluding hydrogens is 400 g/mol. The molecule has 0 unspecified atom stereocenters. The van der Waals surface area contributed by atoms with Gasteiger partial charge in [0, 0.05) is 19.6 Å². The summed E-state index contributed by atoms with van der Waals surface area (Å²) in [5, 5.41) is -0.186. The van der Waals surface area contributed by atoms with Gasteiger partial charge in [-0.2, -0.15) is 0 Å². The van der Waals surface area contributed by atoms with E-state index in [9.17, 15) is 16.8 Å². The molecule has 1 heterocycles. The van der Waals surface area contributed by atoms with E-state index in [0.717, 1.165) is 29.7 Å². The van der Waals surface area contributed by atoms with E-state index in [4.69, 9.17) is 4.74 Å². The van der Waals surface area contributed by atoms with Gasteiger partial charge in [0.1, 0.15) is 5.75 Å². The minimum atomic E-state index is -3.62. The van der Waals surface area contributed by atoms with Crippen LogP contribution < -0.4 is 9.46 Å². The molecule has 9 heteroatoms. The van der Waals surface area contributed by atoms with E-state index in [2.05, 4.69) is 4.72 Å². The summed E-state index contributed by atoms with van der Waals surface area (Å²) in [6.07, 6.45) is 2.89. The molecule has 1 aromatic rings. The Labute approximate surface area is 168 Å². The zero-order valence-electron chi connectivity index (χ0n) is 16.8. The first-order valence-corrected chi connectivity index (χ1v) is 12.9. The maximum Gasteiger partial charge on any atom is 0.240 e. The lowest BCUT2D eigenvalue weighted by Gasteiger charge is -2.31. The van der Waals surface area contributed by atoms with Crippen LogP contribution in [-0.4, -0.2) is 52.6 Å². The third kappa shape index (κ3) is 4.69. The molecule has 1 N–H and O–H groups in total. The lowest BCUT2D eigenvalue weighted by atomic mass is 9.99. The predicted molar refractivity (Wildman–Crippen MR) is 109 cm³/mol. The van der Waals surface area contributed by atoms with Gasteiger partial charge in [0.2, 0.25) is 20.0 Å².